The molecule has 0 bridgehead atoms. The summed E-state index contributed by atoms with van der Waals surface area (Å²) in [6.45, 7) is 6.10. The van der Waals surface area contributed by atoms with Gasteiger partial charge in [0.05, 0.1) is 0 Å². The van der Waals surface area contributed by atoms with Crippen molar-refractivity contribution < 1.29 is 14.3 Å². The van der Waals surface area contributed by atoms with Crippen molar-refractivity contribution in [1.82, 2.24) is 0 Å². The molecule has 24 heavy (non-hydrogen) atoms. The summed E-state index contributed by atoms with van der Waals surface area (Å²) in [7, 11) is 0. The zero-order valence-corrected chi connectivity index (χ0v) is 15.1. The zero-order chi connectivity index (χ0) is 17.1. The molecule has 130 valence electrons. The monoisotopic (exact) mass is 328 g/mol. The maximum atomic E-state index is 12.4. The molecule has 0 aromatic heterocycles. The van der Waals surface area contributed by atoms with E-state index >= 15 is 0 Å². The highest BCUT2D eigenvalue weighted by atomic mass is 16.5. The minimum Gasteiger partial charge on any atom is -0.431 e. The van der Waals surface area contributed by atoms with Gasteiger partial charge in [-0.1, -0.05) is 19.9 Å². The van der Waals surface area contributed by atoms with Gasteiger partial charge in [-0.05, 0) is 66.9 Å². The van der Waals surface area contributed by atoms with E-state index in [0.29, 0.717) is 23.5 Å². The number of esters is 1. The van der Waals surface area contributed by atoms with Crippen molar-refractivity contribution >= 4 is 11.8 Å². The molecule has 0 aromatic carbocycles. The maximum Gasteiger partial charge on any atom is 0.307 e. The molecule has 0 heterocycles. The highest BCUT2D eigenvalue weighted by Crippen LogP contribution is 2.63. The predicted molar refractivity (Wildman–Crippen MR) is 91.9 cm³/mol. The minimum atomic E-state index is -0.225. The average Bonchev–Trinajstić information content (AvgIpc) is 2.83. The Kier molecular flexibility index (Phi) is 3.56. The van der Waals surface area contributed by atoms with Crippen LogP contribution in [0.3, 0.4) is 0 Å². The van der Waals surface area contributed by atoms with Crippen LogP contribution in [0.5, 0.6) is 0 Å². The standard InChI is InChI=1S/C21H28O3/c1-13(22)24-15-8-10-20(2)14(12-15)4-5-16-17-6-7-19(23)21(17,3)11-9-18(16)20/h4,12,16-18H,5-11H2,1-3H3/t16?,17?,18?,20-,21-/m0/s1. The van der Waals surface area contributed by atoms with Crippen molar-refractivity contribution in [2.45, 2.75) is 65.7 Å². The van der Waals surface area contributed by atoms with Gasteiger partial charge in [-0.2, -0.15) is 0 Å². The fourth-order valence-electron chi connectivity index (χ4n) is 6.34. The summed E-state index contributed by atoms with van der Waals surface area (Å²) in [5.74, 6) is 2.98. The first-order valence-corrected chi connectivity index (χ1v) is 9.47. The van der Waals surface area contributed by atoms with Crippen molar-refractivity contribution in [2.75, 3.05) is 0 Å². The quantitative estimate of drug-likeness (QED) is 0.662. The number of ether oxygens (including phenoxy) is 1. The smallest absolute Gasteiger partial charge is 0.307 e. The van der Waals surface area contributed by atoms with E-state index in [2.05, 4.69) is 26.0 Å². The Balaban J connectivity index is 1.66. The van der Waals surface area contributed by atoms with Gasteiger partial charge in [0.1, 0.15) is 11.5 Å². The summed E-state index contributed by atoms with van der Waals surface area (Å²) >= 11 is 0. The number of ketones is 1. The Labute approximate surface area is 144 Å². The summed E-state index contributed by atoms with van der Waals surface area (Å²) in [6.07, 6.45) is 11.6. The van der Waals surface area contributed by atoms with Gasteiger partial charge < -0.3 is 4.74 Å². The van der Waals surface area contributed by atoms with Gasteiger partial charge in [0.2, 0.25) is 0 Å². The number of fused-ring (bicyclic) bond motifs is 5. The van der Waals surface area contributed by atoms with Gasteiger partial charge >= 0.3 is 5.97 Å². The molecule has 3 nitrogen and oxygen atoms in total. The second-order valence-corrected chi connectivity index (χ2v) is 8.81. The largest absolute Gasteiger partial charge is 0.431 e. The van der Waals surface area contributed by atoms with E-state index in [1.165, 1.54) is 12.5 Å². The van der Waals surface area contributed by atoms with Gasteiger partial charge in [0.15, 0.2) is 0 Å². The van der Waals surface area contributed by atoms with E-state index in [0.717, 1.165) is 50.7 Å². The first-order valence-electron chi connectivity index (χ1n) is 9.47. The van der Waals surface area contributed by atoms with Crippen LogP contribution in [-0.2, 0) is 14.3 Å². The molecule has 2 fully saturated rings. The Morgan fingerprint density at radius 3 is 2.62 bits per heavy atom. The maximum absolute atomic E-state index is 12.4. The lowest BCUT2D eigenvalue weighted by molar-refractivity contribution is -0.137. The first-order chi connectivity index (χ1) is 11.3. The van der Waals surface area contributed by atoms with E-state index in [1.807, 2.05) is 0 Å². The van der Waals surface area contributed by atoms with Gasteiger partial charge in [-0.25, -0.2) is 0 Å². The Morgan fingerprint density at radius 2 is 1.88 bits per heavy atom. The number of carbonyl (C=O) groups is 2. The molecule has 0 N–H and O–H groups in total. The number of hydrogen-bond donors (Lipinski definition) is 0. The van der Waals surface area contributed by atoms with Gasteiger partial charge in [0, 0.05) is 25.2 Å². The molecule has 2 saturated carbocycles. The second kappa shape index (κ2) is 5.31. The summed E-state index contributed by atoms with van der Waals surface area (Å²) in [4.78, 5) is 23.7. The summed E-state index contributed by atoms with van der Waals surface area (Å²) in [5, 5.41) is 0. The van der Waals surface area contributed by atoms with Crippen molar-refractivity contribution in [3.05, 3.63) is 23.5 Å². The summed E-state index contributed by atoms with van der Waals surface area (Å²) < 4.78 is 5.36. The molecule has 4 rings (SSSR count). The van der Waals surface area contributed by atoms with Crippen LogP contribution in [0, 0.1) is 28.6 Å². The minimum absolute atomic E-state index is 0.0592. The topological polar surface area (TPSA) is 43.4 Å². The molecule has 4 aliphatic carbocycles. The molecule has 3 heteroatoms. The third-order valence-corrected chi connectivity index (χ3v) is 7.72. The van der Waals surface area contributed by atoms with Crippen LogP contribution in [0.4, 0.5) is 0 Å². The Bertz CT molecular complexity index is 658. The van der Waals surface area contributed by atoms with Gasteiger partial charge in [-0.3, -0.25) is 9.59 Å². The van der Waals surface area contributed by atoms with Crippen LogP contribution in [-0.4, -0.2) is 11.8 Å². The van der Waals surface area contributed by atoms with Crippen LogP contribution >= 0.6 is 0 Å². The normalized spacial score (nSPS) is 44.0. The fourth-order valence-corrected chi connectivity index (χ4v) is 6.34. The number of rotatable bonds is 1. The predicted octanol–water partition coefficient (Wildman–Crippen LogP) is 4.58. The molecule has 0 radical (unpaired) electrons. The van der Waals surface area contributed by atoms with E-state index in [-0.39, 0.29) is 16.8 Å². The summed E-state index contributed by atoms with van der Waals surface area (Å²) in [6, 6.07) is 0. The van der Waals surface area contributed by atoms with Crippen LogP contribution in [0.2, 0.25) is 0 Å². The zero-order valence-electron chi connectivity index (χ0n) is 15.1. The lowest BCUT2D eigenvalue weighted by Gasteiger charge is -2.55. The van der Waals surface area contributed by atoms with Crippen LogP contribution in [0.1, 0.15) is 65.7 Å². The molecule has 0 aromatic rings. The van der Waals surface area contributed by atoms with E-state index in [4.69, 9.17) is 4.74 Å². The van der Waals surface area contributed by atoms with Crippen LogP contribution in [0.15, 0.2) is 23.5 Å². The van der Waals surface area contributed by atoms with Crippen molar-refractivity contribution in [3.8, 4) is 0 Å². The first kappa shape index (κ1) is 16.1. The fraction of sp³-hybridized carbons (Fsp3) is 0.714. The summed E-state index contributed by atoms with van der Waals surface area (Å²) in [5.41, 5.74) is 1.48. The highest BCUT2D eigenvalue weighted by Gasteiger charge is 2.58. The SMILES string of the molecule is CC(=O)OC1=CC2=CCC3C(CC[C@]4(C)C(=O)CCC34)[C@@]2(C)CC1. The highest BCUT2D eigenvalue weighted by molar-refractivity contribution is 5.87. The van der Waals surface area contributed by atoms with Crippen molar-refractivity contribution in [2.24, 2.45) is 28.6 Å². The van der Waals surface area contributed by atoms with Gasteiger partial charge in [-0.15, -0.1) is 0 Å². The Hall–Kier alpha value is -1.38. The number of hydrogen-bond acceptors (Lipinski definition) is 3. The van der Waals surface area contributed by atoms with E-state index < -0.39 is 0 Å². The lowest BCUT2D eigenvalue weighted by Crippen LogP contribution is -2.49. The molecular weight excluding hydrogens is 300 g/mol. The van der Waals surface area contributed by atoms with Crippen LogP contribution in [0.25, 0.3) is 0 Å². The number of carbonyl (C=O) groups excluding carboxylic acids is 2. The third-order valence-electron chi connectivity index (χ3n) is 7.72. The molecule has 0 saturated heterocycles. The van der Waals surface area contributed by atoms with Crippen LogP contribution < -0.4 is 0 Å². The molecule has 0 amide bonds. The van der Waals surface area contributed by atoms with Crippen molar-refractivity contribution in [1.29, 1.82) is 0 Å². The van der Waals surface area contributed by atoms with Gasteiger partial charge in [0.25, 0.3) is 0 Å². The lowest BCUT2D eigenvalue weighted by atomic mass is 9.49. The average molecular weight is 328 g/mol. The molecule has 5 atom stereocenters. The van der Waals surface area contributed by atoms with E-state index in [9.17, 15) is 9.59 Å². The Morgan fingerprint density at radius 1 is 1.12 bits per heavy atom. The molecule has 0 spiro atoms. The molecule has 0 aliphatic heterocycles. The third kappa shape index (κ3) is 2.16. The molecule has 4 aliphatic rings. The second-order valence-electron chi connectivity index (χ2n) is 8.81. The van der Waals surface area contributed by atoms with E-state index in [1.54, 1.807) is 0 Å². The van der Waals surface area contributed by atoms with Crippen molar-refractivity contribution in [3.63, 3.8) is 0 Å². The number of Topliss-reactive ketones (excluding diaryl/α,β-unsaturated/α-hetero) is 1. The molecular formula is C21H28O3. The number of allylic oxidation sites excluding steroid dienone is 4. The molecule has 3 unspecified atom stereocenters.